The maximum atomic E-state index is 11.9. The van der Waals surface area contributed by atoms with E-state index >= 15 is 0 Å². The SMILES string of the molecule is COc1nc(-c2ccc3c(ccn3C)c2)ccc1C1CCNC1=O. The Bertz CT molecular complexity index is 930. The molecule has 0 saturated carbocycles. The average molecular weight is 321 g/mol. The maximum Gasteiger partial charge on any atom is 0.227 e. The molecule has 1 fully saturated rings. The van der Waals surface area contributed by atoms with Gasteiger partial charge in [-0.15, -0.1) is 0 Å². The summed E-state index contributed by atoms with van der Waals surface area (Å²) in [5.74, 6) is 0.411. The molecule has 1 saturated heterocycles. The first-order valence-corrected chi connectivity index (χ1v) is 8.05. The standard InChI is InChI=1S/C19H19N3O2/c1-22-10-8-13-11-12(3-6-17(13)22)16-5-4-15(19(21-16)24-2)14-7-9-20-18(14)23/h3-6,8,10-11,14H,7,9H2,1-2H3,(H,20,23). The fourth-order valence-corrected chi connectivity index (χ4v) is 3.37. The number of aromatic nitrogens is 2. The van der Waals surface area contributed by atoms with Crippen LogP contribution in [0.15, 0.2) is 42.6 Å². The van der Waals surface area contributed by atoms with Crippen molar-refractivity contribution < 1.29 is 9.53 Å². The molecule has 5 nitrogen and oxygen atoms in total. The van der Waals surface area contributed by atoms with Gasteiger partial charge in [0, 0.05) is 41.8 Å². The van der Waals surface area contributed by atoms with Crippen LogP contribution in [-0.4, -0.2) is 29.1 Å². The number of rotatable bonds is 3. The van der Waals surface area contributed by atoms with Crippen LogP contribution in [0.5, 0.6) is 5.88 Å². The summed E-state index contributed by atoms with van der Waals surface area (Å²) in [5, 5.41) is 4.04. The predicted molar refractivity (Wildman–Crippen MR) is 93.1 cm³/mol. The highest BCUT2D eigenvalue weighted by Crippen LogP contribution is 2.33. The molecular formula is C19H19N3O2. The maximum absolute atomic E-state index is 11.9. The van der Waals surface area contributed by atoms with Crippen molar-refractivity contribution in [2.24, 2.45) is 7.05 Å². The smallest absolute Gasteiger partial charge is 0.227 e. The summed E-state index contributed by atoms with van der Waals surface area (Å²) in [4.78, 5) is 16.6. The second kappa shape index (κ2) is 5.67. The molecule has 24 heavy (non-hydrogen) atoms. The fraction of sp³-hybridized carbons (Fsp3) is 0.263. The Balaban J connectivity index is 1.76. The summed E-state index contributed by atoms with van der Waals surface area (Å²) in [7, 11) is 3.63. The van der Waals surface area contributed by atoms with E-state index in [1.54, 1.807) is 7.11 Å². The molecule has 1 N–H and O–H groups in total. The van der Waals surface area contributed by atoms with Crippen LogP contribution in [0.1, 0.15) is 17.9 Å². The number of carbonyl (C=O) groups excluding carboxylic acids is 1. The molecule has 1 aromatic carbocycles. The van der Waals surface area contributed by atoms with Crippen LogP contribution >= 0.6 is 0 Å². The summed E-state index contributed by atoms with van der Waals surface area (Å²) in [5.41, 5.74) is 3.93. The zero-order valence-corrected chi connectivity index (χ0v) is 13.7. The highest BCUT2D eigenvalue weighted by molar-refractivity contribution is 5.87. The Morgan fingerprint density at radius 1 is 1.25 bits per heavy atom. The van der Waals surface area contributed by atoms with E-state index in [9.17, 15) is 4.79 Å². The molecule has 4 rings (SSSR count). The van der Waals surface area contributed by atoms with Crippen molar-refractivity contribution >= 4 is 16.8 Å². The van der Waals surface area contributed by atoms with Crippen LogP contribution in [0.3, 0.4) is 0 Å². The number of nitrogens with one attached hydrogen (secondary N) is 1. The Hall–Kier alpha value is -2.82. The first-order chi connectivity index (χ1) is 11.7. The predicted octanol–water partition coefficient (Wildman–Crippen LogP) is 2.85. The number of carbonyl (C=O) groups is 1. The molecule has 0 spiro atoms. The Morgan fingerprint density at radius 2 is 2.12 bits per heavy atom. The van der Waals surface area contributed by atoms with Gasteiger partial charge in [-0.3, -0.25) is 4.79 Å². The van der Waals surface area contributed by atoms with Gasteiger partial charge < -0.3 is 14.6 Å². The minimum atomic E-state index is -0.168. The summed E-state index contributed by atoms with van der Waals surface area (Å²) in [6.07, 6.45) is 2.83. The van der Waals surface area contributed by atoms with E-state index in [0.717, 1.165) is 23.2 Å². The molecule has 1 unspecified atom stereocenters. The zero-order valence-electron chi connectivity index (χ0n) is 13.7. The van der Waals surface area contributed by atoms with Crippen molar-refractivity contribution in [2.45, 2.75) is 12.3 Å². The summed E-state index contributed by atoms with van der Waals surface area (Å²) in [6.45, 7) is 0.707. The van der Waals surface area contributed by atoms with Crippen LogP contribution in [0.25, 0.3) is 22.2 Å². The van der Waals surface area contributed by atoms with E-state index in [0.29, 0.717) is 12.4 Å². The molecule has 2 aromatic heterocycles. The zero-order chi connectivity index (χ0) is 16.7. The summed E-state index contributed by atoms with van der Waals surface area (Å²) in [6, 6.07) is 12.3. The first kappa shape index (κ1) is 14.8. The molecule has 0 bridgehead atoms. The lowest BCUT2D eigenvalue weighted by atomic mass is 9.97. The van der Waals surface area contributed by atoms with Crippen LogP contribution in [0, 0.1) is 0 Å². The van der Waals surface area contributed by atoms with Gasteiger partial charge >= 0.3 is 0 Å². The number of fused-ring (bicyclic) bond motifs is 1. The molecule has 3 aromatic rings. The third-order valence-electron chi connectivity index (χ3n) is 4.69. The van der Waals surface area contributed by atoms with Crippen molar-refractivity contribution in [2.75, 3.05) is 13.7 Å². The third kappa shape index (κ3) is 2.33. The van der Waals surface area contributed by atoms with E-state index in [4.69, 9.17) is 4.74 Å². The number of ether oxygens (including phenoxy) is 1. The lowest BCUT2D eigenvalue weighted by Crippen LogP contribution is -2.18. The lowest BCUT2D eigenvalue weighted by molar-refractivity contribution is -0.120. The van der Waals surface area contributed by atoms with Crippen LogP contribution < -0.4 is 10.1 Å². The van der Waals surface area contributed by atoms with Gasteiger partial charge in [0.05, 0.1) is 18.7 Å². The summed E-state index contributed by atoms with van der Waals surface area (Å²) >= 11 is 0. The van der Waals surface area contributed by atoms with Crippen molar-refractivity contribution in [1.82, 2.24) is 14.9 Å². The number of hydrogen-bond donors (Lipinski definition) is 1. The van der Waals surface area contributed by atoms with Crippen LogP contribution in [-0.2, 0) is 11.8 Å². The first-order valence-electron chi connectivity index (χ1n) is 8.05. The number of methoxy groups -OCH3 is 1. The van der Waals surface area contributed by atoms with Gasteiger partial charge in [0.2, 0.25) is 11.8 Å². The topological polar surface area (TPSA) is 56.1 Å². The van der Waals surface area contributed by atoms with Gasteiger partial charge in [-0.25, -0.2) is 4.98 Å². The Morgan fingerprint density at radius 3 is 2.88 bits per heavy atom. The quantitative estimate of drug-likeness (QED) is 0.807. The molecule has 1 aliphatic rings. The molecule has 3 heterocycles. The van der Waals surface area contributed by atoms with Crippen LogP contribution in [0.4, 0.5) is 0 Å². The molecular weight excluding hydrogens is 302 g/mol. The van der Waals surface area contributed by atoms with E-state index in [1.807, 2.05) is 25.4 Å². The van der Waals surface area contributed by atoms with Crippen molar-refractivity contribution in [1.29, 1.82) is 0 Å². The fourth-order valence-electron chi connectivity index (χ4n) is 3.37. The van der Waals surface area contributed by atoms with Crippen molar-refractivity contribution in [3.05, 3.63) is 48.2 Å². The molecule has 1 aliphatic heterocycles. The number of amides is 1. The van der Waals surface area contributed by atoms with Gasteiger partial charge in [-0.05, 0) is 30.7 Å². The van der Waals surface area contributed by atoms with Gasteiger partial charge in [-0.1, -0.05) is 12.1 Å². The monoisotopic (exact) mass is 321 g/mol. The van der Waals surface area contributed by atoms with E-state index in [2.05, 4.69) is 39.1 Å². The van der Waals surface area contributed by atoms with Gasteiger partial charge in [0.1, 0.15) is 0 Å². The minimum Gasteiger partial charge on any atom is -0.481 e. The lowest BCUT2D eigenvalue weighted by Gasteiger charge is -2.13. The summed E-state index contributed by atoms with van der Waals surface area (Å²) < 4.78 is 7.56. The largest absolute Gasteiger partial charge is 0.481 e. The highest BCUT2D eigenvalue weighted by Gasteiger charge is 2.29. The third-order valence-corrected chi connectivity index (χ3v) is 4.69. The van der Waals surface area contributed by atoms with Crippen LogP contribution in [0.2, 0.25) is 0 Å². The highest BCUT2D eigenvalue weighted by atomic mass is 16.5. The molecule has 122 valence electrons. The number of aryl methyl sites for hydroxylation is 1. The number of pyridine rings is 1. The van der Waals surface area contributed by atoms with Crippen molar-refractivity contribution in [3.63, 3.8) is 0 Å². The Kier molecular flexibility index (Phi) is 3.49. The van der Waals surface area contributed by atoms with E-state index < -0.39 is 0 Å². The normalized spacial score (nSPS) is 17.2. The molecule has 5 heteroatoms. The van der Waals surface area contributed by atoms with Gasteiger partial charge in [0.15, 0.2) is 0 Å². The number of nitrogens with zero attached hydrogens (tertiary/aromatic N) is 2. The van der Waals surface area contributed by atoms with Gasteiger partial charge in [-0.2, -0.15) is 0 Å². The van der Waals surface area contributed by atoms with E-state index in [1.165, 1.54) is 10.9 Å². The second-order valence-electron chi connectivity index (χ2n) is 6.13. The molecule has 0 radical (unpaired) electrons. The minimum absolute atomic E-state index is 0.0496. The Labute approximate surface area is 140 Å². The molecule has 0 aliphatic carbocycles. The van der Waals surface area contributed by atoms with Gasteiger partial charge in [0.25, 0.3) is 0 Å². The second-order valence-corrected chi connectivity index (χ2v) is 6.13. The molecule has 1 atom stereocenters. The average Bonchev–Trinajstić information content (AvgIpc) is 3.20. The van der Waals surface area contributed by atoms with Crippen molar-refractivity contribution in [3.8, 4) is 17.1 Å². The number of hydrogen-bond acceptors (Lipinski definition) is 3. The number of benzene rings is 1. The van der Waals surface area contributed by atoms with E-state index in [-0.39, 0.29) is 11.8 Å². The molecule has 1 amide bonds.